The lowest BCUT2D eigenvalue weighted by Gasteiger charge is -2.01. The Kier molecular flexibility index (Phi) is 5.16. The number of furan rings is 1. The van der Waals surface area contributed by atoms with E-state index in [1.54, 1.807) is 30.3 Å². The van der Waals surface area contributed by atoms with Crippen LogP contribution in [0.1, 0.15) is 11.5 Å². The molecule has 1 aromatic heterocycles. The molecule has 124 valence electrons. The summed E-state index contributed by atoms with van der Waals surface area (Å²) >= 11 is 0. The third kappa shape index (κ3) is 5.00. The summed E-state index contributed by atoms with van der Waals surface area (Å²) < 4.78 is 5.37. The number of rotatable bonds is 5. The standard InChI is InChI=1S/C20H17N3O2/c1-15-7-12-19(25-15)13-14-20(24)21-16-8-10-18(11-9-16)23-22-17-5-3-2-4-6-17/h2-14H,1H3,(H,21,24)/b14-13+,23-22?. The molecule has 0 bridgehead atoms. The number of anilines is 1. The van der Waals surface area contributed by atoms with Gasteiger partial charge in [-0.3, -0.25) is 4.79 Å². The van der Waals surface area contributed by atoms with Gasteiger partial charge in [-0.2, -0.15) is 10.2 Å². The number of amides is 1. The van der Waals surface area contributed by atoms with Crippen LogP contribution >= 0.6 is 0 Å². The highest BCUT2D eigenvalue weighted by molar-refractivity contribution is 6.01. The molecule has 5 nitrogen and oxygen atoms in total. The van der Waals surface area contributed by atoms with Crippen LogP contribution in [0.25, 0.3) is 6.08 Å². The lowest BCUT2D eigenvalue weighted by molar-refractivity contribution is -0.111. The summed E-state index contributed by atoms with van der Waals surface area (Å²) in [6.45, 7) is 1.86. The van der Waals surface area contributed by atoms with Gasteiger partial charge in [0.2, 0.25) is 5.91 Å². The van der Waals surface area contributed by atoms with Crippen LogP contribution < -0.4 is 5.32 Å². The van der Waals surface area contributed by atoms with Gasteiger partial charge in [-0.05, 0) is 61.5 Å². The van der Waals surface area contributed by atoms with Crippen LogP contribution in [0, 0.1) is 6.92 Å². The molecule has 0 radical (unpaired) electrons. The van der Waals surface area contributed by atoms with Crippen molar-refractivity contribution in [1.82, 2.24) is 0 Å². The number of azo groups is 1. The average Bonchev–Trinajstić information content (AvgIpc) is 3.06. The lowest BCUT2D eigenvalue weighted by Crippen LogP contribution is -2.07. The summed E-state index contributed by atoms with van der Waals surface area (Å²) in [7, 11) is 0. The van der Waals surface area contributed by atoms with Gasteiger partial charge >= 0.3 is 0 Å². The van der Waals surface area contributed by atoms with E-state index in [1.807, 2.05) is 49.4 Å². The minimum absolute atomic E-state index is 0.229. The van der Waals surface area contributed by atoms with Crippen molar-refractivity contribution in [2.45, 2.75) is 6.92 Å². The van der Waals surface area contributed by atoms with E-state index in [-0.39, 0.29) is 5.91 Å². The number of carbonyl (C=O) groups excluding carboxylic acids is 1. The molecule has 3 aromatic rings. The predicted octanol–water partition coefficient (Wildman–Crippen LogP) is 5.66. The summed E-state index contributed by atoms with van der Waals surface area (Å²) in [6.07, 6.45) is 3.06. The SMILES string of the molecule is Cc1ccc(/C=C/C(=O)Nc2ccc(N=Nc3ccccc3)cc2)o1. The van der Waals surface area contributed by atoms with Crippen LogP contribution in [0.5, 0.6) is 0 Å². The average molecular weight is 331 g/mol. The Labute approximate surface area is 145 Å². The Balaban J connectivity index is 1.58. The van der Waals surface area contributed by atoms with Gasteiger partial charge in [0.05, 0.1) is 11.4 Å². The molecule has 1 N–H and O–H groups in total. The van der Waals surface area contributed by atoms with E-state index in [0.29, 0.717) is 17.1 Å². The predicted molar refractivity (Wildman–Crippen MR) is 98.2 cm³/mol. The van der Waals surface area contributed by atoms with E-state index in [0.717, 1.165) is 11.4 Å². The van der Waals surface area contributed by atoms with Gasteiger partial charge in [0.1, 0.15) is 11.5 Å². The topological polar surface area (TPSA) is 67.0 Å². The lowest BCUT2D eigenvalue weighted by atomic mass is 10.3. The van der Waals surface area contributed by atoms with E-state index in [2.05, 4.69) is 15.5 Å². The first-order valence-corrected chi connectivity index (χ1v) is 7.81. The van der Waals surface area contributed by atoms with Gasteiger partial charge in [-0.25, -0.2) is 0 Å². The number of nitrogens with one attached hydrogen (secondary N) is 1. The second-order valence-electron chi connectivity index (χ2n) is 5.35. The van der Waals surface area contributed by atoms with Gasteiger partial charge < -0.3 is 9.73 Å². The molecular weight excluding hydrogens is 314 g/mol. The smallest absolute Gasteiger partial charge is 0.248 e. The largest absolute Gasteiger partial charge is 0.462 e. The van der Waals surface area contributed by atoms with E-state index >= 15 is 0 Å². The van der Waals surface area contributed by atoms with Gasteiger partial charge in [-0.15, -0.1) is 0 Å². The zero-order valence-electron chi connectivity index (χ0n) is 13.7. The first kappa shape index (κ1) is 16.4. The highest BCUT2D eigenvalue weighted by Gasteiger charge is 2.00. The molecule has 0 saturated carbocycles. The van der Waals surface area contributed by atoms with Gasteiger partial charge in [-0.1, -0.05) is 18.2 Å². The first-order valence-electron chi connectivity index (χ1n) is 7.81. The minimum atomic E-state index is -0.229. The highest BCUT2D eigenvalue weighted by Crippen LogP contribution is 2.20. The molecule has 0 unspecified atom stereocenters. The van der Waals surface area contributed by atoms with Gasteiger partial charge in [0.25, 0.3) is 0 Å². The number of aryl methyl sites for hydroxylation is 1. The van der Waals surface area contributed by atoms with E-state index in [1.165, 1.54) is 6.08 Å². The number of nitrogens with zero attached hydrogens (tertiary/aromatic N) is 2. The van der Waals surface area contributed by atoms with Crippen LogP contribution in [0.4, 0.5) is 17.1 Å². The molecule has 0 aliphatic rings. The fourth-order valence-electron chi connectivity index (χ4n) is 2.11. The third-order valence-corrected chi connectivity index (χ3v) is 3.33. The molecule has 0 atom stereocenters. The molecule has 5 heteroatoms. The Morgan fingerprint density at radius 3 is 2.24 bits per heavy atom. The molecule has 0 saturated heterocycles. The zero-order chi connectivity index (χ0) is 17.5. The summed E-state index contributed by atoms with van der Waals surface area (Å²) in [6, 6.07) is 20.3. The molecule has 0 spiro atoms. The first-order chi connectivity index (χ1) is 12.2. The van der Waals surface area contributed by atoms with Crippen molar-refractivity contribution < 1.29 is 9.21 Å². The maximum Gasteiger partial charge on any atom is 0.248 e. The maximum absolute atomic E-state index is 11.9. The number of hydrogen-bond acceptors (Lipinski definition) is 4. The van der Waals surface area contributed by atoms with Gasteiger partial charge in [0, 0.05) is 11.8 Å². The molecule has 0 aliphatic carbocycles. The number of carbonyl (C=O) groups is 1. The van der Waals surface area contributed by atoms with E-state index in [4.69, 9.17) is 4.42 Å². The number of hydrogen-bond donors (Lipinski definition) is 1. The van der Waals surface area contributed by atoms with Crippen LogP contribution in [-0.4, -0.2) is 5.91 Å². The van der Waals surface area contributed by atoms with E-state index < -0.39 is 0 Å². The molecule has 0 aliphatic heterocycles. The normalized spacial score (nSPS) is 11.2. The van der Waals surface area contributed by atoms with Crippen LogP contribution in [0.3, 0.4) is 0 Å². The van der Waals surface area contributed by atoms with Crippen molar-refractivity contribution in [3.63, 3.8) is 0 Å². The Bertz CT molecular complexity index is 894. The monoisotopic (exact) mass is 331 g/mol. The second-order valence-corrected chi connectivity index (χ2v) is 5.35. The fourth-order valence-corrected chi connectivity index (χ4v) is 2.11. The molecule has 1 amide bonds. The summed E-state index contributed by atoms with van der Waals surface area (Å²) in [5.74, 6) is 1.22. The van der Waals surface area contributed by atoms with Crippen LogP contribution in [0.2, 0.25) is 0 Å². The summed E-state index contributed by atoms with van der Waals surface area (Å²) in [5, 5.41) is 11.1. The fraction of sp³-hybridized carbons (Fsp3) is 0.0500. The molecule has 1 heterocycles. The zero-order valence-corrected chi connectivity index (χ0v) is 13.7. The maximum atomic E-state index is 11.9. The molecular formula is C20H17N3O2. The van der Waals surface area contributed by atoms with E-state index in [9.17, 15) is 4.79 Å². The van der Waals surface area contributed by atoms with Crippen molar-refractivity contribution in [2.75, 3.05) is 5.32 Å². The van der Waals surface area contributed by atoms with Crippen molar-refractivity contribution in [3.8, 4) is 0 Å². The van der Waals surface area contributed by atoms with Gasteiger partial charge in [0.15, 0.2) is 0 Å². The van der Waals surface area contributed by atoms with Crippen LogP contribution in [-0.2, 0) is 4.79 Å². The van der Waals surface area contributed by atoms with Crippen molar-refractivity contribution in [3.05, 3.63) is 84.3 Å². The Morgan fingerprint density at radius 1 is 0.920 bits per heavy atom. The molecule has 0 fully saturated rings. The van der Waals surface area contributed by atoms with Crippen molar-refractivity contribution in [1.29, 1.82) is 0 Å². The Morgan fingerprint density at radius 2 is 1.60 bits per heavy atom. The Hall–Kier alpha value is -3.47. The summed E-state index contributed by atoms with van der Waals surface area (Å²) in [4.78, 5) is 11.9. The number of benzene rings is 2. The second kappa shape index (κ2) is 7.88. The van der Waals surface area contributed by atoms with Crippen molar-refractivity contribution >= 4 is 29.0 Å². The molecule has 2 aromatic carbocycles. The third-order valence-electron chi connectivity index (χ3n) is 3.33. The van der Waals surface area contributed by atoms with Crippen LogP contribution in [0.15, 0.2) is 87.5 Å². The highest BCUT2D eigenvalue weighted by atomic mass is 16.3. The van der Waals surface area contributed by atoms with Crippen molar-refractivity contribution in [2.24, 2.45) is 10.2 Å². The minimum Gasteiger partial charge on any atom is -0.462 e. The molecule has 25 heavy (non-hydrogen) atoms. The quantitative estimate of drug-likeness (QED) is 0.484. The summed E-state index contributed by atoms with van der Waals surface area (Å²) in [5.41, 5.74) is 2.19. The molecule has 3 rings (SSSR count).